The topological polar surface area (TPSA) is 86.2 Å². The Kier molecular flexibility index (Phi) is 3.83. The Hall–Kier alpha value is -0.880. The molecule has 1 fully saturated rings. The van der Waals surface area contributed by atoms with Crippen molar-refractivity contribution in [2.45, 2.75) is 37.4 Å². The molecule has 0 aliphatic carbocycles. The molecule has 0 saturated carbocycles. The van der Waals surface area contributed by atoms with Gasteiger partial charge in [-0.05, 0) is 25.8 Å². The summed E-state index contributed by atoms with van der Waals surface area (Å²) in [5.74, 6) is 1.33. The summed E-state index contributed by atoms with van der Waals surface area (Å²) in [6, 6.07) is 0. The Morgan fingerprint density at radius 3 is 3.00 bits per heavy atom. The Morgan fingerprint density at radius 2 is 2.29 bits per heavy atom. The second kappa shape index (κ2) is 5.18. The number of nitrogens with two attached hydrogens (primary N) is 1. The first kappa shape index (κ1) is 12.6. The van der Waals surface area contributed by atoms with Crippen LogP contribution in [0.5, 0.6) is 0 Å². The molecule has 2 heterocycles. The van der Waals surface area contributed by atoms with Crippen molar-refractivity contribution in [1.82, 2.24) is 4.98 Å². The van der Waals surface area contributed by atoms with E-state index in [1.807, 2.05) is 0 Å². The van der Waals surface area contributed by atoms with Crippen LogP contribution >= 0.6 is 0 Å². The van der Waals surface area contributed by atoms with Gasteiger partial charge in [0.2, 0.25) is 5.89 Å². The van der Waals surface area contributed by atoms with Gasteiger partial charge in [-0.15, -0.1) is 0 Å². The molecule has 17 heavy (non-hydrogen) atoms. The van der Waals surface area contributed by atoms with Crippen molar-refractivity contribution in [2.75, 3.05) is 12.3 Å². The number of hydrogen-bond donors (Lipinski definition) is 1. The molecule has 2 rings (SSSR count). The molecular formula is C11H18N2O3S. The van der Waals surface area contributed by atoms with E-state index < -0.39 is 15.1 Å². The minimum absolute atomic E-state index is 0.248. The van der Waals surface area contributed by atoms with Gasteiger partial charge >= 0.3 is 0 Å². The fourth-order valence-electron chi connectivity index (χ4n) is 2.10. The van der Waals surface area contributed by atoms with Gasteiger partial charge in [-0.3, -0.25) is 0 Å². The molecule has 1 atom stereocenters. The summed E-state index contributed by atoms with van der Waals surface area (Å²) in [5.41, 5.74) is 5.41. The maximum atomic E-state index is 11.9. The lowest BCUT2D eigenvalue weighted by atomic mass is 10.2. The highest BCUT2D eigenvalue weighted by Crippen LogP contribution is 2.32. The van der Waals surface area contributed by atoms with E-state index in [1.165, 1.54) is 0 Å². The van der Waals surface area contributed by atoms with Gasteiger partial charge in [0.1, 0.15) is 11.0 Å². The SMILES string of the molecule is NCCCc1cnc(C2CCCCS2(=O)=O)o1. The van der Waals surface area contributed by atoms with Crippen LogP contribution in [0.1, 0.15) is 42.6 Å². The fourth-order valence-corrected chi connectivity index (χ4v) is 3.93. The number of oxazole rings is 1. The van der Waals surface area contributed by atoms with Crippen LogP contribution in [0.15, 0.2) is 10.6 Å². The minimum atomic E-state index is -3.06. The van der Waals surface area contributed by atoms with Crippen molar-refractivity contribution >= 4 is 9.84 Å². The highest BCUT2D eigenvalue weighted by molar-refractivity contribution is 7.91. The summed E-state index contributed by atoms with van der Waals surface area (Å²) in [6.45, 7) is 0.595. The minimum Gasteiger partial charge on any atom is -0.444 e. The lowest BCUT2D eigenvalue weighted by Crippen LogP contribution is -2.21. The first-order chi connectivity index (χ1) is 8.13. The molecule has 1 aliphatic heterocycles. The summed E-state index contributed by atoms with van der Waals surface area (Å²) < 4.78 is 29.3. The third-order valence-corrected chi connectivity index (χ3v) is 5.21. The van der Waals surface area contributed by atoms with Crippen LogP contribution in [0.3, 0.4) is 0 Å². The number of nitrogens with zero attached hydrogens (tertiary/aromatic N) is 1. The van der Waals surface area contributed by atoms with E-state index in [1.54, 1.807) is 6.20 Å². The molecule has 1 aromatic heterocycles. The van der Waals surface area contributed by atoms with Gasteiger partial charge < -0.3 is 10.2 Å². The maximum Gasteiger partial charge on any atom is 0.212 e. The Morgan fingerprint density at radius 1 is 1.47 bits per heavy atom. The van der Waals surface area contributed by atoms with E-state index in [2.05, 4.69) is 4.98 Å². The summed E-state index contributed by atoms with van der Waals surface area (Å²) in [6.07, 6.45) is 5.46. The highest BCUT2D eigenvalue weighted by atomic mass is 32.2. The second-order valence-electron chi connectivity index (χ2n) is 4.41. The van der Waals surface area contributed by atoms with Gasteiger partial charge in [-0.1, -0.05) is 6.42 Å². The third kappa shape index (κ3) is 2.87. The van der Waals surface area contributed by atoms with Crippen LogP contribution in [-0.4, -0.2) is 25.7 Å². The first-order valence-electron chi connectivity index (χ1n) is 6.00. The van der Waals surface area contributed by atoms with Crippen molar-refractivity contribution in [3.63, 3.8) is 0 Å². The van der Waals surface area contributed by atoms with Crippen LogP contribution in [0.4, 0.5) is 0 Å². The predicted molar refractivity (Wildman–Crippen MR) is 64.3 cm³/mol. The summed E-state index contributed by atoms with van der Waals surface area (Å²) in [7, 11) is -3.06. The van der Waals surface area contributed by atoms with Gasteiger partial charge in [-0.2, -0.15) is 0 Å². The fraction of sp³-hybridized carbons (Fsp3) is 0.727. The van der Waals surface area contributed by atoms with Crippen LogP contribution in [0.2, 0.25) is 0 Å². The standard InChI is InChI=1S/C11H18N2O3S/c12-6-3-4-9-8-13-11(16-9)10-5-1-2-7-17(10,14)15/h8,10H,1-7,12H2. The van der Waals surface area contributed by atoms with E-state index >= 15 is 0 Å². The van der Waals surface area contributed by atoms with E-state index in [0.717, 1.165) is 31.4 Å². The van der Waals surface area contributed by atoms with Gasteiger partial charge in [0, 0.05) is 6.42 Å². The predicted octanol–water partition coefficient (Wildman–Crippen LogP) is 1.21. The molecule has 96 valence electrons. The van der Waals surface area contributed by atoms with Gasteiger partial charge in [0.25, 0.3) is 0 Å². The van der Waals surface area contributed by atoms with Crippen molar-refractivity contribution in [3.05, 3.63) is 17.8 Å². The normalized spacial score (nSPS) is 23.7. The van der Waals surface area contributed by atoms with Crippen molar-refractivity contribution in [2.24, 2.45) is 5.73 Å². The van der Waals surface area contributed by atoms with Gasteiger partial charge in [0.15, 0.2) is 9.84 Å². The lowest BCUT2D eigenvalue weighted by Gasteiger charge is -2.19. The van der Waals surface area contributed by atoms with Crippen molar-refractivity contribution in [3.8, 4) is 0 Å². The first-order valence-corrected chi connectivity index (χ1v) is 7.71. The molecule has 2 N–H and O–H groups in total. The molecule has 5 nitrogen and oxygen atoms in total. The molecule has 1 unspecified atom stereocenters. The number of aryl methyl sites for hydroxylation is 1. The number of aromatic nitrogens is 1. The number of rotatable bonds is 4. The molecule has 6 heteroatoms. The Labute approximate surface area is 101 Å². The van der Waals surface area contributed by atoms with E-state index in [4.69, 9.17) is 10.2 Å². The van der Waals surface area contributed by atoms with Crippen molar-refractivity contribution in [1.29, 1.82) is 0 Å². The molecule has 0 bridgehead atoms. The largest absolute Gasteiger partial charge is 0.444 e. The highest BCUT2D eigenvalue weighted by Gasteiger charge is 2.33. The van der Waals surface area contributed by atoms with Crippen molar-refractivity contribution < 1.29 is 12.8 Å². The smallest absolute Gasteiger partial charge is 0.212 e. The molecule has 1 saturated heterocycles. The monoisotopic (exact) mass is 258 g/mol. The molecule has 0 aromatic carbocycles. The maximum absolute atomic E-state index is 11.9. The zero-order chi connectivity index (χ0) is 12.3. The summed E-state index contributed by atoms with van der Waals surface area (Å²) in [4.78, 5) is 4.10. The van der Waals surface area contributed by atoms with Gasteiger partial charge in [-0.25, -0.2) is 13.4 Å². The zero-order valence-corrected chi connectivity index (χ0v) is 10.6. The van der Waals surface area contributed by atoms with Gasteiger partial charge in [0.05, 0.1) is 11.9 Å². The van der Waals surface area contributed by atoms with Crippen LogP contribution in [-0.2, 0) is 16.3 Å². The third-order valence-electron chi connectivity index (χ3n) is 3.05. The number of sulfone groups is 1. The Balaban J connectivity index is 2.13. The second-order valence-corrected chi connectivity index (χ2v) is 6.71. The molecule has 0 radical (unpaired) electrons. The summed E-state index contributed by atoms with van der Waals surface area (Å²) >= 11 is 0. The average molecular weight is 258 g/mol. The molecule has 1 aromatic rings. The van der Waals surface area contributed by atoms with Crippen LogP contribution in [0.25, 0.3) is 0 Å². The average Bonchev–Trinajstić information content (AvgIpc) is 2.74. The molecular weight excluding hydrogens is 240 g/mol. The van der Waals surface area contributed by atoms with Crippen LogP contribution in [0, 0.1) is 0 Å². The number of hydrogen-bond acceptors (Lipinski definition) is 5. The Bertz CT molecular complexity index is 467. The lowest BCUT2D eigenvalue weighted by molar-refractivity contribution is 0.424. The molecule has 0 spiro atoms. The molecule has 0 amide bonds. The quantitative estimate of drug-likeness (QED) is 0.877. The van der Waals surface area contributed by atoms with Crippen LogP contribution < -0.4 is 5.73 Å². The molecule has 1 aliphatic rings. The summed E-state index contributed by atoms with van der Waals surface area (Å²) in [5, 5.41) is -0.539. The zero-order valence-electron chi connectivity index (χ0n) is 9.76. The van der Waals surface area contributed by atoms with E-state index in [-0.39, 0.29) is 5.75 Å². The van der Waals surface area contributed by atoms with E-state index in [9.17, 15) is 8.42 Å². The van der Waals surface area contributed by atoms with E-state index in [0.29, 0.717) is 18.9 Å².